The molecule has 0 aliphatic rings. The molecule has 0 saturated carbocycles. The Kier molecular flexibility index (Phi) is 9.11. The maximum atomic E-state index is 12.2. The van der Waals surface area contributed by atoms with Gasteiger partial charge >= 0.3 is 6.03 Å². The topological polar surface area (TPSA) is 139 Å². The second kappa shape index (κ2) is 9.98. The highest BCUT2D eigenvalue weighted by Gasteiger charge is 2.25. The van der Waals surface area contributed by atoms with Crippen LogP contribution in [0, 0.1) is 5.92 Å². The highest BCUT2D eigenvalue weighted by atomic mass is 16.2. The van der Waals surface area contributed by atoms with Crippen LogP contribution in [0.3, 0.4) is 0 Å². The van der Waals surface area contributed by atoms with Crippen LogP contribution in [-0.4, -0.2) is 43.0 Å². The van der Waals surface area contributed by atoms with Gasteiger partial charge in [0.15, 0.2) is 0 Å². The second-order valence-corrected chi connectivity index (χ2v) is 5.18. The summed E-state index contributed by atoms with van der Waals surface area (Å²) in [7, 11) is 0. The summed E-state index contributed by atoms with van der Waals surface area (Å²) in [6.07, 6.45) is 0.836. The molecule has 0 heterocycles. The van der Waals surface area contributed by atoms with Crippen molar-refractivity contribution in [1.29, 1.82) is 0 Å². The molecule has 0 aromatic heterocycles. The van der Waals surface area contributed by atoms with E-state index in [0.717, 1.165) is 0 Å². The van der Waals surface area contributed by atoms with E-state index in [-0.39, 0.29) is 17.9 Å². The zero-order chi connectivity index (χ0) is 16.4. The highest BCUT2D eigenvalue weighted by molar-refractivity contribution is 5.89. The van der Waals surface area contributed by atoms with Crippen LogP contribution >= 0.6 is 0 Å². The fraction of sp³-hybridized carbons (Fsp3) is 0.769. The zero-order valence-corrected chi connectivity index (χ0v) is 12.9. The number of amides is 4. The third kappa shape index (κ3) is 8.13. The maximum absolute atomic E-state index is 12.2. The van der Waals surface area contributed by atoms with Crippen molar-refractivity contribution in [3.05, 3.63) is 0 Å². The van der Waals surface area contributed by atoms with Gasteiger partial charge in [-0.05, 0) is 25.3 Å². The number of urea groups is 1. The summed E-state index contributed by atoms with van der Waals surface area (Å²) in [5.41, 5.74) is 10.2. The standard InChI is InChI=1S/C13H27N5O3/c1-4-16-10(8(2)3)12(20)18-9(11(14)19)6-5-7-17-13(15)21/h8-10,16H,4-7H2,1-3H3,(H2,14,19)(H,18,20)(H3,15,17,21)/t9-,10-/m0/s1. The summed E-state index contributed by atoms with van der Waals surface area (Å²) in [5, 5.41) is 8.14. The van der Waals surface area contributed by atoms with Crippen molar-refractivity contribution in [2.75, 3.05) is 13.1 Å². The van der Waals surface area contributed by atoms with Crippen LogP contribution in [0.15, 0.2) is 0 Å². The minimum atomic E-state index is -0.757. The summed E-state index contributed by atoms with van der Waals surface area (Å²) in [6.45, 7) is 6.73. The number of nitrogens with one attached hydrogen (secondary N) is 3. The summed E-state index contributed by atoms with van der Waals surface area (Å²) in [4.78, 5) is 34.1. The Labute approximate surface area is 125 Å². The lowest BCUT2D eigenvalue weighted by molar-refractivity contribution is -0.129. The van der Waals surface area contributed by atoms with Crippen LogP contribution in [0.25, 0.3) is 0 Å². The van der Waals surface area contributed by atoms with Crippen molar-refractivity contribution in [2.24, 2.45) is 17.4 Å². The average molecular weight is 301 g/mol. The Bertz CT molecular complexity index is 360. The van der Waals surface area contributed by atoms with Gasteiger partial charge in [-0.15, -0.1) is 0 Å². The molecule has 0 aliphatic carbocycles. The minimum absolute atomic E-state index is 0.0926. The predicted octanol–water partition coefficient (Wildman–Crippen LogP) is -0.961. The van der Waals surface area contributed by atoms with Crippen LogP contribution in [-0.2, 0) is 9.59 Å². The van der Waals surface area contributed by atoms with Crippen molar-refractivity contribution in [1.82, 2.24) is 16.0 Å². The molecule has 0 aliphatic heterocycles. The molecule has 0 aromatic carbocycles. The number of hydrogen-bond acceptors (Lipinski definition) is 4. The van der Waals surface area contributed by atoms with E-state index in [9.17, 15) is 14.4 Å². The minimum Gasteiger partial charge on any atom is -0.368 e. The third-order valence-electron chi connectivity index (χ3n) is 3.00. The van der Waals surface area contributed by atoms with Crippen LogP contribution in [0.5, 0.6) is 0 Å². The summed E-state index contributed by atoms with van der Waals surface area (Å²) < 4.78 is 0. The molecule has 0 bridgehead atoms. The van der Waals surface area contributed by atoms with Gasteiger partial charge in [0.05, 0.1) is 6.04 Å². The monoisotopic (exact) mass is 301 g/mol. The van der Waals surface area contributed by atoms with Crippen LogP contribution in [0.2, 0.25) is 0 Å². The van der Waals surface area contributed by atoms with Gasteiger partial charge < -0.3 is 27.4 Å². The van der Waals surface area contributed by atoms with Crippen LogP contribution < -0.4 is 27.4 Å². The van der Waals surface area contributed by atoms with E-state index >= 15 is 0 Å². The third-order valence-corrected chi connectivity index (χ3v) is 3.00. The molecule has 0 radical (unpaired) electrons. The molecule has 0 unspecified atom stereocenters. The highest BCUT2D eigenvalue weighted by Crippen LogP contribution is 2.04. The zero-order valence-electron chi connectivity index (χ0n) is 12.9. The molecule has 8 nitrogen and oxygen atoms in total. The quantitative estimate of drug-likeness (QED) is 0.331. The van der Waals surface area contributed by atoms with Crippen molar-refractivity contribution in [2.45, 2.75) is 45.7 Å². The number of primary amides is 2. The van der Waals surface area contributed by atoms with E-state index < -0.39 is 18.0 Å². The van der Waals surface area contributed by atoms with Gasteiger partial charge in [-0.1, -0.05) is 20.8 Å². The Morgan fingerprint density at radius 3 is 2.19 bits per heavy atom. The molecule has 0 saturated heterocycles. The van der Waals surface area contributed by atoms with E-state index in [0.29, 0.717) is 25.9 Å². The van der Waals surface area contributed by atoms with Gasteiger partial charge in [-0.25, -0.2) is 4.79 Å². The van der Waals surface area contributed by atoms with Gasteiger partial charge in [0.2, 0.25) is 11.8 Å². The lowest BCUT2D eigenvalue weighted by atomic mass is 10.0. The molecule has 0 aromatic rings. The molecule has 0 rings (SSSR count). The van der Waals surface area contributed by atoms with Crippen molar-refractivity contribution < 1.29 is 14.4 Å². The van der Waals surface area contributed by atoms with E-state index in [1.807, 2.05) is 20.8 Å². The number of likely N-dealkylation sites (N-methyl/N-ethyl adjacent to an activating group) is 1. The molecule has 2 atom stereocenters. The molecular weight excluding hydrogens is 274 g/mol. The van der Waals surface area contributed by atoms with Crippen molar-refractivity contribution in [3.8, 4) is 0 Å². The van der Waals surface area contributed by atoms with Gasteiger partial charge in [-0.2, -0.15) is 0 Å². The predicted molar refractivity (Wildman–Crippen MR) is 80.2 cm³/mol. The molecule has 122 valence electrons. The number of carbonyl (C=O) groups is 3. The van der Waals surface area contributed by atoms with E-state index in [1.54, 1.807) is 0 Å². The summed E-state index contributed by atoms with van der Waals surface area (Å²) >= 11 is 0. The largest absolute Gasteiger partial charge is 0.368 e. The van der Waals surface area contributed by atoms with Crippen molar-refractivity contribution >= 4 is 17.8 Å². The average Bonchev–Trinajstić information content (AvgIpc) is 2.38. The first kappa shape index (κ1) is 19.2. The summed E-state index contributed by atoms with van der Waals surface area (Å²) in [6, 6.07) is -1.76. The first-order valence-corrected chi connectivity index (χ1v) is 7.15. The number of rotatable bonds is 10. The molecule has 0 spiro atoms. The van der Waals surface area contributed by atoms with E-state index in [1.165, 1.54) is 0 Å². The van der Waals surface area contributed by atoms with Gasteiger partial charge in [0, 0.05) is 6.54 Å². The Morgan fingerprint density at radius 1 is 1.14 bits per heavy atom. The first-order chi connectivity index (χ1) is 9.79. The Hall–Kier alpha value is -1.83. The second-order valence-electron chi connectivity index (χ2n) is 5.18. The molecule has 7 N–H and O–H groups in total. The lowest BCUT2D eigenvalue weighted by Crippen LogP contribution is -2.53. The van der Waals surface area contributed by atoms with Crippen molar-refractivity contribution in [3.63, 3.8) is 0 Å². The maximum Gasteiger partial charge on any atom is 0.312 e. The van der Waals surface area contributed by atoms with Crippen LogP contribution in [0.4, 0.5) is 4.79 Å². The van der Waals surface area contributed by atoms with E-state index in [4.69, 9.17) is 11.5 Å². The molecular formula is C13H27N5O3. The molecule has 0 fully saturated rings. The Balaban J connectivity index is 4.44. The summed E-state index contributed by atoms with van der Waals surface area (Å²) in [5.74, 6) is -0.755. The number of nitrogens with two attached hydrogens (primary N) is 2. The lowest BCUT2D eigenvalue weighted by Gasteiger charge is -2.24. The van der Waals surface area contributed by atoms with Gasteiger partial charge in [0.1, 0.15) is 6.04 Å². The molecule has 4 amide bonds. The van der Waals surface area contributed by atoms with Gasteiger partial charge in [-0.3, -0.25) is 9.59 Å². The number of hydrogen-bond donors (Lipinski definition) is 5. The normalized spacial score (nSPS) is 13.5. The van der Waals surface area contributed by atoms with Crippen LogP contribution in [0.1, 0.15) is 33.6 Å². The molecule has 8 heteroatoms. The van der Waals surface area contributed by atoms with E-state index in [2.05, 4.69) is 16.0 Å². The fourth-order valence-electron chi connectivity index (χ4n) is 1.92. The number of carbonyl (C=O) groups excluding carboxylic acids is 3. The smallest absolute Gasteiger partial charge is 0.312 e. The SMILES string of the molecule is CCN[C@H](C(=O)N[C@@H](CCCNC(N)=O)C(N)=O)C(C)C. The Morgan fingerprint density at radius 2 is 1.76 bits per heavy atom. The molecule has 21 heavy (non-hydrogen) atoms. The van der Waals surface area contributed by atoms with Gasteiger partial charge in [0.25, 0.3) is 0 Å². The first-order valence-electron chi connectivity index (χ1n) is 7.15. The fourth-order valence-corrected chi connectivity index (χ4v) is 1.92.